The van der Waals surface area contributed by atoms with Gasteiger partial charge >= 0.3 is 6.36 Å². The van der Waals surface area contributed by atoms with Crippen molar-refractivity contribution in [1.29, 1.82) is 0 Å². The minimum atomic E-state index is -4.81. The summed E-state index contributed by atoms with van der Waals surface area (Å²) in [6.07, 6.45) is -3.36. The maximum absolute atomic E-state index is 12.4. The van der Waals surface area contributed by atoms with Crippen molar-refractivity contribution in [3.05, 3.63) is 24.3 Å². The van der Waals surface area contributed by atoms with E-state index in [0.717, 1.165) is 30.7 Å². The van der Waals surface area contributed by atoms with Crippen molar-refractivity contribution in [1.82, 2.24) is 4.31 Å². The molecule has 124 valence electrons. The molecular formula is C13H16F3NO4S. The number of hydrogen-bond acceptors (Lipinski definition) is 4. The van der Waals surface area contributed by atoms with Gasteiger partial charge in [-0.25, -0.2) is 8.42 Å². The zero-order chi connectivity index (χ0) is 16.4. The van der Waals surface area contributed by atoms with Crippen molar-refractivity contribution in [3.8, 4) is 5.75 Å². The van der Waals surface area contributed by atoms with Crippen LogP contribution in [0.1, 0.15) is 12.8 Å². The number of nitrogens with zero attached hydrogens (tertiary/aromatic N) is 1. The monoisotopic (exact) mass is 339 g/mol. The number of alkyl halides is 3. The van der Waals surface area contributed by atoms with E-state index in [2.05, 4.69) is 4.74 Å². The molecule has 1 aromatic rings. The lowest BCUT2D eigenvalue weighted by molar-refractivity contribution is -0.274. The van der Waals surface area contributed by atoms with Gasteiger partial charge in [-0.05, 0) is 37.1 Å². The van der Waals surface area contributed by atoms with E-state index < -0.39 is 22.1 Å². The van der Waals surface area contributed by atoms with Gasteiger partial charge < -0.3 is 9.47 Å². The van der Waals surface area contributed by atoms with E-state index in [1.165, 1.54) is 11.4 Å². The van der Waals surface area contributed by atoms with Crippen LogP contribution in [0.25, 0.3) is 0 Å². The minimum absolute atomic E-state index is 0.0879. The van der Waals surface area contributed by atoms with E-state index in [1.807, 2.05) is 0 Å². The molecule has 5 nitrogen and oxygen atoms in total. The molecule has 0 radical (unpaired) electrons. The standard InChI is InChI=1S/C13H16F3NO4S/c1-17(10-3-2-8-20-9-10)22(18,19)12-6-4-11(5-7-12)21-13(14,15)16/h4-7,10H,2-3,8-9H2,1H3/t10-/m1/s1. The summed E-state index contributed by atoms with van der Waals surface area (Å²) in [6, 6.07) is 3.87. The molecule has 0 amide bonds. The number of likely N-dealkylation sites (N-methyl/N-ethyl adjacent to an activating group) is 1. The van der Waals surface area contributed by atoms with Crippen molar-refractivity contribution in [2.75, 3.05) is 20.3 Å². The minimum Gasteiger partial charge on any atom is -0.406 e. The number of halogens is 3. The lowest BCUT2D eigenvalue weighted by Crippen LogP contribution is -2.42. The Morgan fingerprint density at radius 3 is 2.41 bits per heavy atom. The first-order chi connectivity index (χ1) is 10.2. The van der Waals surface area contributed by atoms with E-state index in [9.17, 15) is 21.6 Å². The molecule has 22 heavy (non-hydrogen) atoms. The zero-order valence-corrected chi connectivity index (χ0v) is 12.7. The predicted octanol–water partition coefficient (Wildman–Crippen LogP) is 2.38. The first-order valence-corrected chi connectivity index (χ1v) is 8.06. The Labute approximate surface area is 126 Å². The lowest BCUT2D eigenvalue weighted by Gasteiger charge is -2.30. The van der Waals surface area contributed by atoms with Crippen LogP contribution in [0.5, 0.6) is 5.75 Å². The summed E-state index contributed by atoms with van der Waals surface area (Å²) in [7, 11) is -2.34. The van der Waals surface area contributed by atoms with E-state index in [0.29, 0.717) is 19.6 Å². The van der Waals surface area contributed by atoms with Crippen LogP contribution in [0.4, 0.5) is 13.2 Å². The van der Waals surface area contributed by atoms with Crippen molar-refractivity contribution < 1.29 is 31.1 Å². The average molecular weight is 339 g/mol. The van der Waals surface area contributed by atoms with Crippen molar-refractivity contribution >= 4 is 10.0 Å². The normalized spacial score (nSPS) is 20.1. The second kappa shape index (κ2) is 6.43. The van der Waals surface area contributed by atoms with Crippen LogP contribution >= 0.6 is 0 Å². The Bertz CT molecular complexity index is 595. The fraction of sp³-hybridized carbons (Fsp3) is 0.538. The number of hydrogen-bond donors (Lipinski definition) is 0. The van der Waals surface area contributed by atoms with Crippen molar-refractivity contribution in [3.63, 3.8) is 0 Å². The molecule has 0 spiro atoms. The molecule has 1 aliphatic heterocycles. The molecule has 0 unspecified atom stereocenters. The summed E-state index contributed by atoms with van der Waals surface area (Å²) in [5.41, 5.74) is 0. The Morgan fingerprint density at radius 2 is 1.91 bits per heavy atom. The van der Waals surface area contributed by atoms with Crippen LogP contribution in [0.2, 0.25) is 0 Å². The van der Waals surface area contributed by atoms with Gasteiger partial charge in [0.2, 0.25) is 10.0 Å². The molecule has 1 aromatic carbocycles. The third-order valence-corrected chi connectivity index (χ3v) is 5.31. The van der Waals surface area contributed by atoms with Crippen LogP contribution in [0.15, 0.2) is 29.2 Å². The lowest BCUT2D eigenvalue weighted by atomic mass is 10.1. The second-order valence-corrected chi connectivity index (χ2v) is 6.91. The van der Waals surface area contributed by atoms with E-state index in [1.54, 1.807) is 0 Å². The Balaban J connectivity index is 2.15. The molecule has 0 aromatic heterocycles. The highest BCUT2D eigenvalue weighted by Gasteiger charge is 2.32. The smallest absolute Gasteiger partial charge is 0.406 e. The number of ether oxygens (including phenoxy) is 2. The molecule has 9 heteroatoms. The largest absolute Gasteiger partial charge is 0.573 e. The van der Waals surface area contributed by atoms with Crippen LogP contribution in [-0.2, 0) is 14.8 Å². The van der Waals surface area contributed by atoms with Crippen molar-refractivity contribution in [2.24, 2.45) is 0 Å². The molecule has 2 rings (SSSR count). The van der Waals surface area contributed by atoms with Crippen LogP contribution in [0.3, 0.4) is 0 Å². The highest BCUT2D eigenvalue weighted by Crippen LogP contribution is 2.26. The van der Waals surface area contributed by atoms with Gasteiger partial charge in [0.25, 0.3) is 0 Å². The summed E-state index contributed by atoms with van der Waals surface area (Å²) in [5, 5.41) is 0. The molecule has 0 bridgehead atoms. The summed E-state index contributed by atoms with van der Waals surface area (Å²) >= 11 is 0. The van der Waals surface area contributed by atoms with Crippen LogP contribution in [-0.4, -0.2) is 45.4 Å². The number of benzene rings is 1. The molecule has 1 aliphatic rings. The third-order valence-electron chi connectivity index (χ3n) is 3.38. The van der Waals surface area contributed by atoms with Crippen LogP contribution in [0, 0.1) is 0 Å². The molecular weight excluding hydrogens is 323 g/mol. The van der Waals surface area contributed by atoms with E-state index >= 15 is 0 Å². The molecule has 0 aliphatic carbocycles. The molecule has 1 fully saturated rings. The quantitative estimate of drug-likeness (QED) is 0.845. The van der Waals surface area contributed by atoms with Crippen molar-refractivity contribution in [2.45, 2.75) is 30.1 Å². The van der Waals surface area contributed by atoms with Gasteiger partial charge in [-0.1, -0.05) is 0 Å². The van der Waals surface area contributed by atoms with Gasteiger partial charge in [0.05, 0.1) is 11.5 Å². The summed E-state index contributed by atoms with van der Waals surface area (Å²) in [5.74, 6) is -0.463. The van der Waals surface area contributed by atoms with Gasteiger partial charge in [0, 0.05) is 19.7 Å². The highest BCUT2D eigenvalue weighted by atomic mass is 32.2. The van der Waals surface area contributed by atoms with Gasteiger partial charge in [-0.15, -0.1) is 13.2 Å². The summed E-state index contributed by atoms with van der Waals surface area (Å²) < 4.78 is 71.3. The maximum atomic E-state index is 12.4. The van der Waals surface area contributed by atoms with Crippen LogP contribution < -0.4 is 4.74 Å². The summed E-state index contributed by atoms with van der Waals surface area (Å²) in [4.78, 5) is -0.0879. The predicted molar refractivity (Wildman–Crippen MR) is 71.9 cm³/mol. The first-order valence-electron chi connectivity index (χ1n) is 6.62. The second-order valence-electron chi connectivity index (χ2n) is 4.91. The molecule has 1 atom stereocenters. The molecule has 1 saturated heterocycles. The van der Waals surface area contributed by atoms with Gasteiger partial charge in [-0.3, -0.25) is 0 Å². The van der Waals surface area contributed by atoms with E-state index in [4.69, 9.17) is 4.74 Å². The average Bonchev–Trinajstić information content (AvgIpc) is 2.46. The fourth-order valence-corrected chi connectivity index (χ4v) is 3.56. The SMILES string of the molecule is CN([C@@H]1CCCOC1)S(=O)(=O)c1ccc(OC(F)(F)F)cc1. The molecule has 1 heterocycles. The zero-order valence-electron chi connectivity index (χ0n) is 11.8. The van der Waals surface area contributed by atoms with E-state index in [-0.39, 0.29) is 10.9 Å². The third kappa shape index (κ3) is 4.11. The fourth-order valence-electron chi connectivity index (χ4n) is 2.19. The number of rotatable bonds is 4. The van der Waals surface area contributed by atoms with Gasteiger partial charge in [0.15, 0.2) is 0 Å². The molecule has 0 N–H and O–H groups in total. The maximum Gasteiger partial charge on any atom is 0.573 e. The highest BCUT2D eigenvalue weighted by molar-refractivity contribution is 7.89. The van der Waals surface area contributed by atoms with Gasteiger partial charge in [-0.2, -0.15) is 4.31 Å². The summed E-state index contributed by atoms with van der Waals surface area (Å²) in [6.45, 7) is 0.916. The van der Waals surface area contributed by atoms with Gasteiger partial charge in [0.1, 0.15) is 5.75 Å². The topological polar surface area (TPSA) is 55.8 Å². The Kier molecular flexibility index (Phi) is 4.98. The Hall–Kier alpha value is -1.32. The first kappa shape index (κ1) is 17.0. The molecule has 0 saturated carbocycles. The number of sulfonamides is 1. The Morgan fingerprint density at radius 1 is 1.27 bits per heavy atom.